The van der Waals surface area contributed by atoms with Gasteiger partial charge in [0.15, 0.2) is 5.13 Å². The first-order valence-corrected chi connectivity index (χ1v) is 11.0. The first-order valence-electron chi connectivity index (χ1n) is 9.30. The summed E-state index contributed by atoms with van der Waals surface area (Å²) in [7, 11) is 0. The van der Waals surface area contributed by atoms with Gasteiger partial charge in [0.25, 0.3) is 0 Å². The number of nitrogens with one attached hydrogen (secondary N) is 2. The molecule has 2 heterocycles. The summed E-state index contributed by atoms with van der Waals surface area (Å²) in [5, 5.41) is 6.67. The van der Waals surface area contributed by atoms with Crippen molar-refractivity contribution in [2.45, 2.75) is 40.5 Å². The minimum absolute atomic E-state index is 0.0564. The zero-order valence-corrected chi connectivity index (χ0v) is 18.3. The summed E-state index contributed by atoms with van der Waals surface area (Å²) >= 11 is 3.20. The molecule has 0 bridgehead atoms. The van der Waals surface area contributed by atoms with Gasteiger partial charge in [0, 0.05) is 27.4 Å². The maximum Gasteiger partial charge on any atom is 0.230 e. The lowest BCUT2D eigenvalue weighted by Crippen LogP contribution is -2.14. The summed E-state index contributed by atoms with van der Waals surface area (Å²) in [5.41, 5.74) is 4.17. The Hall–Kier alpha value is -2.31. The quantitative estimate of drug-likeness (QED) is 0.460. The van der Waals surface area contributed by atoms with Gasteiger partial charge >= 0.3 is 0 Å². The first kappa shape index (κ1) is 20.4. The lowest BCUT2D eigenvalue weighted by atomic mass is 10.1. The minimum atomic E-state index is -0.0564. The molecule has 2 aromatic heterocycles. The van der Waals surface area contributed by atoms with E-state index in [1.165, 1.54) is 21.8 Å². The van der Waals surface area contributed by atoms with Crippen LogP contribution in [0.3, 0.4) is 0 Å². The summed E-state index contributed by atoms with van der Waals surface area (Å²) in [6.07, 6.45) is 5.45. The van der Waals surface area contributed by atoms with Crippen LogP contribution in [0.25, 0.3) is 15.8 Å². The Morgan fingerprint density at radius 3 is 2.82 bits per heavy atom. The third-order valence-corrected chi connectivity index (χ3v) is 6.29. The van der Waals surface area contributed by atoms with Crippen LogP contribution in [0, 0.1) is 0 Å². The van der Waals surface area contributed by atoms with Gasteiger partial charge in [-0.2, -0.15) is 0 Å². The second-order valence-corrected chi connectivity index (χ2v) is 8.89. The van der Waals surface area contributed by atoms with E-state index in [1.54, 1.807) is 11.8 Å². The van der Waals surface area contributed by atoms with Crippen LogP contribution in [0.15, 0.2) is 52.4 Å². The average molecular weight is 412 g/mol. The molecular formula is C22H25N3OS2. The number of rotatable bonds is 7. The van der Waals surface area contributed by atoms with Crippen molar-refractivity contribution >= 4 is 49.9 Å². The molecule has 0 saturated carbocycles. The molecule has 28 heavy (non-hydrogen) atoms. The van der Waals surface area contributed by atoms with Gasteiger partial charge in [0.1, 0.15) is 0 Å². The number of benzene rings is 1. The second-order valence-electron chi connectivity index (χ2n) is 6.78. The molecule has 3 rings (SSSR count). The SMILES string of the molecule is CC/C=C(\C)SC(=C(C)C)c1csc(NC(=O)Cc2c[nH]c3ccccc23)n1. The van der Waals surface area contributed by atoms with Crippen molar-refractivity contribution < 1.29 is 4.79 Å². The van der Waals surface area contributed by atoms with Crippen molar-refractivity contribution in [2.75, 3.05) is 5.32 Å². The maximum atomic E-state index is 12.5. The van der Waals surface area contributed by atoms with Crippen LogP contribution < -0.4 is 5.32 Å². The smallest absolute Gasteiger partial charge is 0.230 e. The molecule has 1 amide bonds. The van der Waals surface area contributed by atoms with E-state index in [2.05, 4.69) is 49.1 Å². The van der Waals surface area contributed by atoms with E-state index in [9.17, 15) is 4.79 Å². The van der Waals surface area contributed by atoms with Gasteiger partial charge in [-0.1, -0.05) is 48.5 Å². The maximum absolute atomic E-state index is 12.5. The van der Waals surface area contributed by atoms with Gasteiger partial charge in [-0.25, -0.2) is 4.98 Å². The Bertz CT molecular complexity index is 1040. The number of fused-ring (bicyclic) bond motifs is 1. The third kappa shape index (κ3) is 4.94. The number of H-pyrrole nitrogens is 1. The van der Waals surface area contributed by atoms with Crippen molar-refractivity contribution in [1.82, 2.24) is 9.97 Å². The Morgan fingerprint density at radius 1 is 1.29 bits per heavy atom. The lowest BCUT2D eigenvalue weighted by Gasteiger charge is -2.07. The fraction of sp³-hybridized carbons (Fsp3) is 0.273. The summed E-state index contributed by atoms with van der Waals surface area (Å²) < 4.78 is 0. The van der Waals surface area contributed by atoms with Crippen molar-refractivity contribution in [1.29, 1.82) is 0 Å². The molecule has 0 spiro atoms. The molecule has 0 saturated heterocycles. The molecule has 3 aromatic rings. The molecule has 0 aliphatic carbocycles. The highest BCUT2D eigenvalue weighted by Crippen LogP contribution is 2.37. The number of thiazole rings is 1. The summed E-state index contributed by atoms with van der Waals surface area (Å²) in [4.78, 5) is 22.8. The minimum Gasteiger partial charge on any atom is -0.361 e. The Kier molecular flexibility index (Phi) is 6.75. The molecule has 0 aliphatic heterocycles. The summed E-state index contributed by atoms with van der Waals surface area (Å²) in [6.45, 7) is 8.44. The predicted molar refractivity (Wildman–Crippen MR) is 123 cm³/mol. The van der Waals surface area contributed by atoms with Gasteiger partial charge in [0.05, 0.1) is 12.1 Å². The number of hydrogen-bond acceptors (Lipinski definition) is 4. The number of aromatic amines is 1. The zero-order chi connectivity index (χ0) is 20.1. The number of nitrogens with zero attached hydrogens (tertiary/aromatic N) is 1. The Balaban J connectivity index is 1.70. The van der Waals surface area contributed by atoms with Crippen molar-refractivity contribution in [3.63, 3.8) is 0 Å². The number of anilines is 1. The van der Waals surface area contributed by atoms with Gasteiger partial charge in [-0.05, 0) is 43.7 Å². The van der Waals surface area contributed by atoms with Crippen LogP contribution in [-0.4, -0.2) is 15.9 Å². The molecule has 0 radical (unpaired) electrons. The fourth-order valence-corrected chi connectivity index (χ4v) is 4.73. The Labute approximate surface area is 174 Å². The molecule has 4 nitrogen and oxygen atoms in total. The van der Waals surface area contributed by atoms with E-state index in [-0.39, 0.29) is 5.91 Å². The fourth-order valence-electron chi connectivity index (χ4n) is 2.95. The predicted octanol–water partition coefficient (Wildman–Crippen LogP) is 6.60. The van der Waals surface area contributed by atoms with E-state index in [0.29, 0.717) is 11.6 Å². The van der Waals surface area contributed by atoms with E-state index in [4.69, 9.17) is 0 Å². The number of carbonyl (C=O) groups is 1. The number of thioether (sulfide) groups is 1. The monoisotopic (exact) mass is 411 g/mol. The largest absolute Gasteiger partial charge is 0.361 e. The van der Waals surface area contributed by atoms with Crippen LogP contribution in [0.5, 0.6) is 0 Å². The number of hydrogen-bond donors (Lipinski definition) is 2. The van der Waals surface area contributed by atoms with Gasteiger partial charge in [-0.15, -0.1) is 11.3 Å². The molecule has 0 fully saturated rings. The molecule has 0 aliphatic rings. The third-order valence-electron chi connectivity index (χ3n) is 4.22. The van der Waals surface area contributed by atoms with Crippen LogP contribution in [0.1, 0.15) is 45.4 Å². The van der Waals surface area contributed by atoms with E-state index >= 15 is 0 Å². The standard InChI is InChI=1S/C22H25N3OS2/c1-5-8-15(4)28-21(14(2)3)19-13-27-22(24-19)25-20(26)11-16-12-23-18-10-7-6-9-17(16)18/h6-10,12-13,23H,5,11H2,1-4H3,(H,24,25,26)/b15-8+. The average Bonchev–Trinajstić information content (AvgIpc) is 3.27. The summed E-state index contributed by atoms with van der Waals surface area (Å²) in [5.74, 6) is -0.0564. The van der Waals surface area contributed by atoms with Crippen molar-refractivity contribution in [3.05, 3.63) is 63.7 Å². The number of aromatic nitrogens is 2. The number of para-hydroxylation sites is 1. The molecule has 0 unspecified atom stereocenters. The number of allylic oxidation sites excluding steroid dienone is 3. The van der Waals surface area contributed by atoms with E-state index in [1.807, 2.05) is 35.8 Å². The van der Waals surface area contributed by atoms with Gasteiger partial charge in [0.2, 0.25) is 5.91 Å². The van der Waals surface area contributed by atoms with Crippen LogP contribution in [0.4, 0.5) is 5.13 Å². The van der Waals surface area contributed by atoms with Crippen molar-refractivity contribution in [3.8, 4) is 0 Å². The van der Waals surface area contributed by atoms with E-state index < -0.39 is 0 Å². The Morgan fingerprint density at radius 2 is 2.07 bits per heavy atom. The molecule has 0 atom stereocenters. The molecule has 1 aromatic carbocycles. The highest BCUT2D eigenvalue weighted by molar-refractivity contribution is 8.11. The second kappa shape index (κ2) is 9.26. The first-order chi connectivity index (χ1) is 13.5. The number of amides is 1. The molecule has 6 heteroatoms. The topological polar surface area (TPSA) is 57.8 Å². The normalized spacial score (nSPS) is 11.6. The molecule has 2 N–H and O–H groups in total. The molecular weight excluding hydrogens is 386 g/mol. The van der Waals surface area contributed by atoms with Crippen LogP contribution >= 0.6 is 23.1 Å². The molecule has 146 valence electrons. The highest BCUT2D eigenvalue weighted by Gasteiger charge is 2.14. The number of carbonyl (C=O) groups excluding carboxylic acids is 1. The van der Waals surface area contributed by atoms with Crippen molar-refractivity contribution in [2.24, 2.45) is 0 Å². The van der Waals surface area contributed by atoms with Gasteiger partial charge in [-0.3, -0.25) is 4.79 Å². The van der Waals surface area contributed by atoms with Crippen LogP contribution in [-0.2, 0) is 11.2 Å². The summed E-state index contributed by atoms with van der Waals surface area (Å²) in [6, 6.07) is 8.01. The zero-order valence-electron chi connectivity index (χ0n) is 16.6. The highest BCUT2D eigenvalue weighted by atomic mass is 32.2. The van der Waals surface area contributed by atoms with Crippen LogP contribution in [0.2, 0.25) is 0 Å². The lowest BCUT2D eigenvalue weighted by molar-refractivity contribution is -0.115. The van der Waals surface area contributed by atoms with E-state index in [0.717, 1.165) is 33.5 Å². The van der Waals surface area contributed by atoms with Gasteiger partial charge < -0.3 is 10.3 Å².